The van der Waals surface area contributed by atoms with Gasteiger partial charge in [-0.05, 0) is 23.6 Å². The van der Waals surface area contributed by atoms with Crippen LogP contribution in [0.1, 0.15) is 15.2 Å². The Bertz CT molecular complexity index is 509. The fourth-order valence-corrected chi connectivity index (χ4v) is 2.29. The van der Waals surface area contributed by atoms with Gasteiger partial charge in [0.25, 0.3) is 5.91 Å². The number of anilines is 1. The number of hydrogen-bond acceptors (Lipinski definition) is 5. The summed E-state index contributed by atoms with van der Waals surface area (Å²) in [6.07, 6.45) is 1.52. The van der Waals surface area contributed by atoms with Gasteiger partial charge in [0.1, 0.15) is 5.82 Å². The first-order valence-corrected chi connectivity index (χ1v) is 6.29. The van der Waals surface area contributed by atoms with Crippen LogP contribution in [0.2, 0.25) is 0 Å². The third-order valence-corrected chi connectivity index (χ3v) is 3.34. The van der Waals surface area contributed by atoms with E-state index in [1.165, 1.54) is 6.20 Å². The van der Waals surface area contributed by atoms with Crippen LogP contribution in [0, 0.1) is 0 Å². The first-order chi connectivity index (χ1) is 8.70. The Morgan fingerprint density at radius 2 is 2.33 bits per heavy atom. The normalized spacial score (nSPS) is 10.1. The molecule has 6 heteroatoms. The van der Waals surface area contributed by atoms with E-state index >= 15 is 0 Å². The summed E-state index contributed by atoms with van der Waals surface area (Å²) in [4.78, 5) is 18.9. The van der Waals surface area contributed by atoms with Crippen molar-refractivity contribution in [3.8, 4) is 0 Å². The molecule has 0 aliphatic heterocycles. The second kappa shape index (κ2) is 5.61. The van der Waals surface area contributed by atoms with Gasteiger partial charge in [-0.2, -0.15) is 0 Å². The zero-order valence-corrected chi connectivity index (χ0v) is 10.8. The predicted molar refractivity (Wildman–Crippen MR) is 72.2 cm³/mol. The number of thiophene rings is 1. The van der Waals surface area contributed by atoms with E-state index in [1.54, 1.807) is 35.4 Å². The topological polar surface area (TPSA) is 71.2 Å². The number of hydrogen-bond donors (Lipinski definition) is 2. The summed E-state index contributed by atoms with van der Waals surface area (Å²) in [6.45, 7) is 0.605. The lowest BCUT2D eigenvalue weighted by molar-refractivity contribution is 0.0786. The maximum atomic E-state index is 12.1. The third-order valence-electron chi connectivity index (χ3n) is 2.48. The van der Waals surface area contributed by atoms with Gasteiger partial charge in [-0.3, -0.25) is 4.79 Å². The van der Waals surface area contributed by atoms with Crippen molar-refractivity contribution in [2.45, 2.75) is 6.54 Å². The van der Waals surface area contributed by atoms with Gasteiger partial charge in [-0.15, -0.1) is 11.3 Å². The number of pyridine rings is 1. The number of amides is 1. The largest absolute Gasteiger partial charge is 0.337 e. The van der Waals surface area contributed by atoms with E-state index < -0.39 is 0 Å². The van der Waals surface area contributed by atoms with Crippen molar-refractivity contribution in [1.82, 2.24) is 9.88 Å². The van der Waals surface area contributed by atoms with Gasteiger partial charge < -0.3 is 10.3 Å². The van der Waals surface area contributed by atoms with Gasteiger partial charge in [0, 0.05) is 18.1 Å². The van der Waals surface area contributed by atoms with E-state index in [-0.39, 0.29) is 5.91 Å². The van der Waals surface area contributed by atoms with Crippen LogP contribution in [0.25, 0.3) is 0 Å². The minimum atomic E-state index is -0.0560. The highest BCUT2D eigenvalue weighted by Crippen LogP contribution is 2.13. The van der Waals surface area contributed by atoms with Crippen LogP contribution in [0.15, 0.2) is 35.8 Å². The molecule has 0 radical (unpaired) electrons. The number of hydrazine groups is 1. The quantitative estimate of drug-likeness (QED) is 0.650. The van der Waals surface area contributed by atoms with Gasteiger partial charge >= 0.3 is 0 Å². The standard InChI is InChI=1S/C12H14N4OS/c1-16(8-10-3-2-6-18-10)12(17)9-4-5-11(15-13)14-7-9/h2-7H,8,13H2,1H3,(H,14,15). The highest BCUT2D eigenvalue weighted by atomic mass is 32.1. The minimum Gasteiger partial charge on any atom is -0.337 e. The van der Waals surface area contributed by atoms with Crippen LogP contribution in [0.3, 0.4) is 0 Å². The van der Waals surface area contributed by atoms with Gasteiger partial charge in [0.15, 0.2) is 0 Å². The van der Waals surface area contributed by atoms with Crippen LogP contribution < -0.4 is 11.3 Å². The average molecular weight is 262 g/mol. The molecule has 0 atom stereocenters. The van der Waals surface area contributed by atoms with Crippen LogP contribution in [0.5, 0.6) is 0 Å². The molecule has 1 amide bonds. The smallest absolute Gasteiger partial charge is 0.255 e. The third kappa shape index (κ3) is 2.85. The molecule has 2 rings (SSSR count). The maximum absolute atomic E-state index is 12.1. The summed E-state index contributed by atoms with van der Waals surface area (Å²) in [5, 5.41) is 2.00. The van der Waals surface area contributed by atoms with Crippen molar-refractivity contribution in [2.24, 2.45) is 5.84 Å². The number of rotatable bonds is 4. The lowest BCUT2D eigenvalue weighted by Crippen LogP contribution is -2.26. The molecular weight excluding hydrogens is 248 g/mol. The van der Waals surface area contributed by atoms with Crippen molar-refractivity contribution in [3.63, 3.8) is 0 Å². The zero-order valence-electron chi connectivity index (χ0n) is 9.96. The Kier molecular flexibility index (Phi) is 3.91. The number of nitrogens with one attached hydrogen (secondary N) is 1. The van der Waals surface area contributed by atoms with E-state index in [1.807, 2.05) is 17.5 Å². The van der Waals surface area contributed by atoms with Crippen LogP contribution in [-0.2, 0) is 6.54 Å². The Labute approximate surface area is 109 Å². The fraction of sp³-hybridized carbons (Fsp3) is 0.167. The SMILES string of the molecule is CN(Cc1cccs1)C(=O)c1ccc(NN)nc1. The molecule has 0 aliphatic carbocycles. The summed E-state index contributed by atoms with van der Waals surface area (Å²) < 4.78 is 0. The lowest BCUT2D eigenvalue weighted by Gasteiger charge is -2.16. The van der Waals surface area contributed by atoms with Gasteiger partial charge in [-0.25, -0.2) is 10.8 Å². The van der Waals surface area contributed by atoms with Crippen molar-refractivity contribution in [1.29, 1.82) is 0 Å². The molecule has 18 heavy (non-hydrogen) atoms. The summed E-state index contributed by atoms with van der Waals surface area (Å²) in [6, 6.07) is 7.36. The molecule has 0 aromatic carbocycles. The summed E-state index contributed by atoms with van der Waals surface area (Å²) >= 11 is 1.63. The molecule has 94 valence electrons. The second-order valence-corrected chi connectivity index (χ2v) is 4.85. The number of nitrogens with zero attached hydrogens (tertiary/aromatic N) is 2. The van der Waals surface area contributed by atoms with Crippen LogP contribution in [0.4, 0.5) is 5.82 Å². The molecule has 0 saturated carbocycles. The second-order valence-electron chi connectivity index (χ2n) is 3.82. The molecule has 2 aromatic heterocycles. The van der Waals surface area contributed by atoms with Crippen LogP contribution in [-0.4, -0.2) is 22.8 Å². The van der Waals surface area contributed by atoms with Crippen molar-refractivity contribution in [3.05, 3.63) is 46.3 Å². The zero-order chi connectivity index (χ0) is 13.0. The van der Waals surface area contributed by atoms with Gasteiger partial charge in [0.05, 0.1) is 12.1 Å². The molecule has 0 fully saturated rings. The number of nitrogen functional groups attached to an aromatic ring is 1. The fourth-order valence-electron chi connectivity index (χ4n) is 1.53. The highest BCUT2D eigenvalue weighted by Gasteiger charge is 2.12. The number of aromatic nitrogens is 1. The number of carbonyl (C=O) groups is 1. The van der Waals surface area contributed by atoms with Crippen molar-refractivity contribution in [2.75, 3.05) is 12.5 Å². The molecule has 2 heterocycles. The molecule has 2 aromatic rings. The molecular formula is C12H14N4OS. The number of carbonyl (C=O) groups excluding carboxylic acids is 1. The Morgan fingerprint density at radius 1 is 1.50 bits per heavy atom. The van der Waals surface area contributed by atoms with E-state index in [9.17, 15) is 4.79 Å². The van der Waals surface area contributed by atoms with Crippen molar-refractivity contribution < 1.29 is 4.79 Å². The molecule has 0 unspecified atom stereocenters. The Morgan fingerprint density at radius 3 is 2.89 bits per heavy atom. The first-order valence-electron chi connectivity index (χ1n) is 5.41. The van der Waals surface area contributed by atoms with E-state index in [0.717, 1.165) is 4.88 Å². The van der Waals surface area contributed by atoms with Gasteiger partial charge in [0.2, 0.25) is 0 Å². The summed E-state index contributed by atoms with van der Waals surface area (Å²) in [5.41, 5.74) is 2.97. The minimum absolute atomic E-state index is 0.0560. The first kappa shape index (κ1) is 12.5. The van der Waals surface area contributed by atoms with E-state index in [0.29, 0.717) is 17.9 Å². The highest BCUT2D eigenvalue weighted by molar-refractivity contribution is 7.09. The summed E-state index contributed by atoms with van der Waals surface area (Å²) in [5.74, 6) is 5.70. The summed E-state index contributed by atoms with van der Waals surface area (Å²) in [7, 11) is 1.77. The van der Waals surface area contributed by atoms with Gasteiger partial charge in [-0.1, -0.05) is 6.07 Å². The molecule has 0 bridgehead atoms. The van der Waals surface area contributed by atoms with Crippen LogP contribution >= 0.6 is 11.3 Å². The Balaban J connectivity index is 2.05. The Hall–Kier alpha value is -1.92. The predicted octanol–water partition coefficient (Wildman–Crippen LogP) is 1.70. The lowest BCUT2D eigenvalue weighted by atomic mass is 10.2. The van der Waals surface area contributed by atoms with E-state index in [4.69, 9.17) is 5.84 Å². The van der Waals surface area contributed by atoms with E-state index in [2.05, 4.69) is 10.4 Å². The maximum Gasteiger partial charge on any atom is 0.255 e. The van der Waals surface area contributed by atoms with Crippen molar-refractivity contribution >= 4 is 23.1 Å². The molecule has 0 aliphatic rings. The molecule has 0 spiro atoms. The number of nitrogens with two attached hydrogens (primary N) is 1. The molecule has 5 nitrogen and oxygen atoms in total. The monoisotopic (exact) mass is 262 g/mol. The molecule has 3 N–H and O–H groups in total. The molecule has 0 saturated heterocycles. The average Bonchev–Trinajstić information content (AvgIpc) is 2.91.